The molecular weight excluding hydrogens is 190 g/mol. The van der Waals surface area contributed by atoms with Crippen LogP contribution in [0.1, 0.15) is 25.7 Å². The molecule has 1 rings (SSSR count). The highest BCUT2D eigenvalue weighted by Crippen LogP contribution is 2.21. The predicted molar refractivity (Wildman–Crippen MR) is 44.2 cm³/mol. The summed E-state index contributed by atoms with van der Waals surface area (Å²) >= 11 is 0. The van der Waals surface area contributed by atoms with Crippen LogP contribution in [0.15, 0.2) is 0 Å². The molecule has 1 aliphatic rings. The molecule has 2 N–H and O–H groups in total. The molecule has 6 nitrogen and oxygen atoms in total. The Morgan fingerprint density at radius 2 is 2.21 bits per heavy atom. The molecule has 0 aliphatic heterocycles. The number of hydrogen-bond donors (Lipinski definition) is 2. The van der Waals surface area contributed by atoms with Crippen LogP contribution in [0.2, 0.25) is 0 Å². The fourth-order valence-corrected chi connectivity index (χ4v) is 1.40. The molecule has 0 bridgehead atoms. The maximum Gasteiger partial charge on any atom is 0.438 e. The Kier molecular flexibility index (Phi) is 3.44. The van der Waals surface area contributed by atoms with E-state index in [0.717, 1.165) is 0 Å². The van der Waals surface area contributed by atoms with Crippen molar-refractivity contribution in [2.45, 2.75) is 25.7 Å². The van der Waals surface area contributed by atoms with E-state index in [-0.39, 0.29) is 12.2 Å². The average Bonchev–Trinajstić information content (AvgIpc) is 2.14. The lowest BCUT2D eigenvalue weighted by Crippen LogP contribution is -2.31. The first-order valence-corrected chi connectivity index (χ1v) is 4.31. The van der Waals surface area contributed by atoms with Crippen LogP contribution in [-0.4, -0.2) is 23.0 Å². The third kappa shape index (κ3) is 3.04. The summed E-state index contributed by atoms with van der Waals surface area (Å²) in [6.07, 6.45) is 0.453. The van der Waals surface area contributed by atoms with Gasteiger partial charge in [0.2, 0.25) is 0 Å². The summed E-state index contributed by atoms with van der Waals surface area (Å²) in [6, 6.07) is 0. The van der Waals surface area contributed by atoms with E-state index in [1.165, 1.54) is 5.48 Å². The van der Waals surface area contributed by atoms with Gasteiger partial charge in [-0.25, -0.2) is 9.59 Å². The molecule has 0 radical (unpaired) electrons. The van der Waals surface area contributed by atoms with Crippen LogP contribution >= 0.6 is 0 Å². The molecule has 1 amide bonds. The van der Waals surface area contributed by atoms with E-state index in [1.54, 1.807) is 0 Å². The molecule has 1 aliphatic carbocycles. The van der Waals surface area contributed by atoms with Crippen LogP contribution in [0.3, 0.4) is 0 Å². The van der Waals surface area contributed by atoms with Gasteiger partial charge < -0.3 is 9.94 Å². The van der Waals surface area contributed by atoms with Gasteiger partial charge in [-0.05, 0) is 12.8 Å². The molecule has 0 heterocycles. The first kappa shape index (κ1) is 10.5. The highest BCUT2D eigenvalue weighted by molar-refractivity contribution is 5.85. The summed E-state index contributed by atoms with van der Waals surface area (Å²) in [7, 11) is 0. The van der Waals surface area contributed by atoms with Crippen molar-refractivity contribution >= 4 is 17.8 Å². The quantitative estimate of drug-likeness (QED) is 0.601. The molecule has 1 unspecified atom stereocenters. The van der Waals surface area contributed by atoms with Crippen LogP contribution in [0.4, 0.5) is 4.79 Å². The molecule has 1 fully saturated rings. The number of carbonyl (C=O) groups is 3. The van der Waals surface area contributed by atoms with Gasteiger partial charge in [-0.3, -0.25) is 4.79 Å². The lowest BCUT2D eigenvalue weighted by molar-refractivity contribution is -0.157. The van der Waals surface area contributed by atoms with Crippen molar-refractivity contribution in [2.24, 2.45) is 5.92 Å². The standard InChI is InChI=1S/C8H11NO5/c10-6-3-1-2-5(4-6)7(11)14-9-8(12)13/h5,9H,1-4H2,(H,12,13). The predicted octanol–water partition coefficient (Wildman–Crippen LogP) is 0.472. The van der Waals surface area contributed by atoms with Crippen molar-refractivity contribution in [3.05, 3.63) is 0 Å². The molecule has 0 aromatic rings. The first-order chi connectivity index (χ1) is 6.59. The summed E-state index contributed by atoms with van der Waals surface area (Å²) in [5.41, 5.74) is 1.51. The summed E-state index contributed by atoms with van der Waals surface area (Å²) < 4.78 is 0. The molecule has 0 aromatic heterocycles. The molecular formula is C8H11NO5. The lowest BCUT2D eigenvalue weighted by Gasteiger charge is -2.18. The van der Waals surface area contributed by atoms with Crippen molar-refractivity contribution in [2.75, 3.05) is 0 Å². The Morgan fingerprint density at radius 1 is 1.50 bits per heavy atom. The summed E-state index contributed by atoms with van der Waals surface area (Å²) in [4.78, 5) is 36.4. The minimum Gasteiger partial charge on any atom is -0.463 e. The van der Waals surface area contributed by atoms with Gasteiger partial charge in [-0.15, -0.1) is 5.48 Å². The zero-order chi connectivity index (χ0) is 10.6. The highest BCUT2D eigenvalue weighted by atomic mass is 16.7. The number of hydrogen-bond acceptors (Lipinski definition) is 4. The van der Waals surface area contributed by atoms with Crippen LogP contribution in [0, 0.1) is 5.92 Å². The van der Waals surface area contributed by atoms with Crippen molar-refractivity contribution in [1.29, 1.82) is 0 Å². The second-order valence-electron chi connectivity index (χ2n) is 3.16. The number of rotatable bonds is 1. The van der Waals surface area contributed by atoms with Crippen molar-refractivity contribution in [3.63, 3.8) is 0 Å². The van der Waals surface area contributed by atoms with Crippen molar-refractivity contribution in [3.8, 4) is 0 Å². The second kappa shape index (κ2) is 4.59. The third-order valence-electron chi connectivity index (χ3n) is 2.05. The summed E-state index contributed by atoms with van der Waals surface area (Å²) in [6.45, 7) is 0. The Balaban J connectivity index is 2.36. The zero-order valence-electron chi connectivity index (χ0n) is 7.49. The fourth-order valence-electron chi connectivity index (χ4n) is 1.40. The lowest BCUT2D eigenvalue weighted by atomic mass is 9.88. The molecule has 14 heavy (non-hydrogen) atoms. The number of hydroxylamine groups is 1. The minimum atomic E-state index is -1.43. The van der Waals surface area contributed by atoms with Gasteiger partial charge in [0.25, 0.3) is 0 Å². The topological polar surface area (TPSA) is 92.7 Å². The molecule has 1 atom stereocenters. The maximum absolute atomic E-state index is 11.1. The number of Topliss-reactive ketones (excluding diaryl/α,β-unsaturated/α-hetero) is 1. The number of ketones is 1. The average molecular weight is 201 g/mol. The number of carboxylic acid groups (broad SMARTS) is 1. The third-order valence-corrected chi connectivity index (χ3v) is 2.05. The number of carbonyl (C=O) groups excluding carboxylic acids is 2. The summed E-state index contributed by atoms with van der Waals surface area (Å²) in [5, 5.41) is 8.16. The Bertz CT molecular complexity index is 262. The van der Waals surface area contributed by atoms with Crippen LogP contribution in [0.25, 0.3) is 0 Å². The SMILES string of the molecule is O=C1CCCC(C(=O)ONC(=O)O)C1. The van der Waals surface area contributed by atoms with Gasteiger partial charge in [0.05, 0.1) is 5.92 Å². The monoisotopic (exact) mass is 201 g/mol. The van der Waals surface area contributed by atoms with E-state index < -0.39 is 18.0 Å². The minimum absolute atomic E-state index is 0.0218. The first-order valence-electron chi connectivity index (χ1n) is 4.31. The Labute approximate surface area is 80.2 Å². The molecule has 6 heteroatoms. The molecule has 0 aromatic carbocycles. The second-order valence-corrected chi connectivity index (χ2v) is 3.16. The van der Waals surface area contributed by atoms with E-state index >= 15 is 0 Å². The van der Waals surface area contributed by atoms with Gasteiger partial charge in [-0.1, -0.05) is 0 Å². The van der Waals surface area contributed by atoms with Gasteiger partial charge in [0.15, 0.2) is 0 Å². The van der Waals surface area contributed by atoms with Gasteiger partial charge >= 0.3 is 12.1 Å². The normalized spacial score (nSPS) is 21.4. The largest absolute Gasteiger partial charge is 0.463 e. The van der Waals surface area contributed by atoms with Crippen LogP contribution < -0.4 is 5.48 Å². The van der Waals surface area contributed by atoms with E-state index in [0.29, 0.717) is 19.3 Å². The Hall–Kier alpha value is -1.59. The molecule has 0 spiro atoms. The van der Waals surface area contributed by atoms with Crippen molar-refractivity contribution < 1.29 is 24.3 Å². The number of nitrogens with one attached hydrogen (secondary N) is 1. The highest BCUT2D eigenvalue weighted by Gasteiger charge is 2.27. The summed E-state index contributed by atoms with van der Waals surface area (Å²) in [5.74, 6) is -1.16. The zero-order valence-corrected chi connectivity index (χ0v) is 7.49. The molecule has 0 saturated heterocycles. The van der Waals surface area contributed by atoms with E-state index in [1.807, 2.05) is 0 Å². The van der Waals surface area contributed by atoms with Crippen molar-refractivity contribution in [1.82, 2.24) is 5.48 Å². The molecule has 1 saturated carbocycles. The van der Waals surface area contributed by atoms with Gasteiger partial charge in [-0.2, -0.15) is 0 Å². The smallest absolute Gasteiger partial charge is 0.438 e. The van der Waals surface area contributed by atoms with Gasteiger partial charge in [0, 0.05) is 12.8 Å². The molecule has 78 valence electrons. The maximum atomic E-state index is 11.1. The Morgan fingerprint density at radius 3 is 2.79 bits per heavy atom. The van der Waals surface area contributed by atoms with E-state index in [9.17, 15) is 14.4 Å². The van der Waals surface area contributed by atoms with E-state index in [2.05, 4.69) is 4.84 Å². The van der Waals surface area contributed by atoms with Crippen LogP contribution in [0.5, 0.6) is 0 Å². The fraction of sp³-hybridized carbons (Fsp3) is 0.625. The number of amides is 1. The van der Waals surface area contributed by atoms with Gasteiger partial charge in [0.1, 0.15) is 5.78 Å². The van der Waals surface area contributed by atoms with Crippen LogP contribution in [-0.2, 0) is 14.4 Å². The van der Waals surface area contributed by atoms with E-state index in [4.69, 9.17) is 5.11 Å².